The molecule has 1 atom stereocenters. The van der Waals surface area contributed by atoms with Crippen LogP contribution < -0.4 is 20.5 Å². The van der Waals surface area contributed by atoms with E-state index in [1.807, 2.05) is 18.2 Å². The zero-order chi connectivity index (χ0) is 17.4. The topological polar surface area (TPSA) is 87.4 Å². The Kier molecular flexibility index (Phi) is 3.95. The molecule has 2 heterocycles. The Morgan fingerprint density at radius 2 is 2.08 bits per heavy atom. The standard InChI is InChI=1S/C17H20N4O4/c1-20-10-18-21(17(20)23)9-15(22)19-16(11-2-3-11)12-4-5-13-14(8-12)25-7-6-24-13/h4-5,8,10-11,16H,2-3,6-7,9H2,1H3,(H,19,22). The second-order valence-electron chi connectivity index (χ2n) is 6.47. The van der Waals surface area contributed by atoms with Crippen molar-refractivity contribution in [3.8, 4) is 11.5 Å². The fourth-order valence-corrected chi connectivity index (χ4v) is 3.04. The molecule has 1 amide bonds. The lowest BCUT2D eigenvalue weighted by molar-refractivity contribution is -0.122. The van der Waals surface area contributed by atoms with Crippen LogP contribution in [-0.2, 0) is 18.4 Å². The first kappa shape index (κ1) is 15.7. The number of amides is 1. The molecule has 132 valence electrons. The molecule has 4 rings (SSSR count). The predicted octanol–water partition coefficient (Wildman–Crippen LogP) is 0.620. The number of nitrogens with zero attached hydrogens (tertiary/aromatic N) is 3. The fourth-order valence-electron chi connectivity index (χ4n) is 3.04. The smallest absolute Gasteiger partial charge is 0.345 e. The van der Waals surface area contributed by atoms with Crippen molar-refractivity contribution in [2.75, 3.05) is 13.2 Å². The molecule has 1 fully saturated rings. The Morgan fingerprint density at radius 1 is 1.32 bits per heavy atom. The molecule has 1 unspecified atom stereocenters. The SMILES string of the molecule is Cn1cnn(CC(=O)NC(c2ccc3c(c2)OCCO3)C2CC2)c1=O. The van der Waals surface area contributed by atoms with Gasteiger partial charge < -0.3 is 14.8 Å². The summed E-state index contributed by atoms with van der Waals surface area (Å²) in [5.74, 6) is 1.63. The zero-order valence-electron chi connectivity index (χ0n) is 14.0. The van der Waals surface area contributed by atoms with Gasteiger partial charge in [0.25, 0.3) is 0 Å². The van der Waals surface area contributed by atoms with Crippen LogP contribution in [0.1, 0.15) is 24.4 Å². The van der Waals surface area contributed by atoms with Gasteiger partial charge in [0, 0.05) is 7.05 Å². The summed E-state index contributed by atoms with van der Waals surface area (Å²) in [5.41, 5.74) is 0.686. The summed E-state index contributed by atoms with van der Waals surface area (Å²) in [6, 6.07) is 5.69. The predicted molar refractivity (Wildman–Crippen MR) is 88.5 cm³/mol. The van der Waals surface area contributed by atoms with E-state index in [1.54, 1.807) is 7.05 Å². The molecule has 1 aromatic carbocycles. The molecular weight excluding hydrogens is 324 g/mol. The number of rotatable bonds is 5. The Bertz CT molecular complexity index is 853. The molecule has 1 aliphatic heterocycles. The highest BCUT2D eigenvalue weighted by Gasteiger charge is 2.34. The van der Waals surface area contributed by atoms with Crippen LogP contribution in [0.5, 0.6) is 11.5 Å². The van der Waals surface area contributed by atoms with Crippen molar-refractivity contribution in [2.45, 2.75) is 25.4 Å². The zero-order valence-corrected chi connectivity index (χ0v) is 14.0. The Morgan fingerprint density at radius 3 is 2.76 bits per heavy atom. The van der Waals surface area contributed by atoms with E-state index >= 15 is 0 Å². The molecule has 0 radical (unpaired) electrons. The van der Waals surface area contributed by atoms with Crippen LogP contribution in [0.25, 0.3) is 0 Å². The van der Waals surface area contributed by atoms with Crippen LogP contribution in [0.4, 0.5) is 0 Å². The minimum atomic E-state index is -0.308. The maximum Gasteiger partial charge on any atom is 0.345 e. The molecule has 1 N–H and O–H groups in total. The molecule has 0 bridgehead atoms. The summed E-state index contributed by atoms with van der Waals surface area (Å²) in [7, 11) is 1.60. The summed E-state index contributed by atoms with van der Waals surface area (Å²) in [4.78, 5) is 24.2. The van der Waals surface area contributed by atoms with Crippen LogP contribution in [0.2, 0.25) is 0 Å². The first-order valence-corrected chi connectivity index (χ1v) is 8.39. The van der Waals surface area contributed by atoms with Gasteiger partial charge in [-0.15, -0.1) is 0 Å². The van der Waals surface area contributed by atoms with E-state index in [2.05, 4.69) is 10.4 Å². The van der Waals surface area contributed by atoms with E-state index in [9.17, 15) is 9.59 Å². The Labute approximate surface area is 144 Å². The number of aryl methyl sites for hydroxylation is 1. The third kappa shape index (κ3) is 3.24. The second kappa shape index (κ2) is 6.27. The highest BCUT2D eigenvalue weighted by Crippen LogP contribution is 2.43. The van der Waals surface area contributed by atoms with Gasteiger partial charge in [-0.1, -0.05) is 6.07 Å². The lowest BCUT2D eigenvalue weighted by Crippen LogP contribution is -2.36. The van der Waals surface area contributed by atoms with Gasteiger partial charge in [-0.3, -0.25) is 9.36 Å². The maximum atomic E-state index is 12.4. The van der Waals surface area contributed by atoms with Crippen LogP contribution in [0, 0.1) is 5.92 Å². The van der Waals surface area contributed by atoms with Crippen molar-refractivity contribution in [1.29, 1.82) is 0 Å². The number of nitrogens with one attached hydrogen (secondary N) is 1. The largest absolute Gasteiger partial charge is 0.486 e. The van der Waals surface area contributed by atoms with Gasteiger partial charge in [-0.2, -0.15) is 5.10 Å². The molecule has 1 aromatic heterocycles. The van der Waals surface area contributed by atoms with Gasteiger partial charge in [-0.05, 0) is 36.5 Å². The number of carbonyl (C=O) groups is 1. The maximum absolute atomic E-state index is 12.4. The molecule has 2 aliphatic rings. The second-order valence-corrected chi connectivity index (χ2v) is 6.47. The molecule has 25 heavy (non-hydrogen) atoms. The monoisotopic (exact) mass is 344 g/mol. The van der Waals surface area contributed by atoms with Crippen LogP contribution >= 0.6 is 0 Å². The number of hydrogen-bond donors (Lipinski definition) is 1. The Balaban J connectivity index is 1.51. The number of aromatic nitrogens is 3. The third-order valence-corrected chi connectivity index (χ3v) is 4.52. The van der Waals surface area contributed by atoms with Crippen molar-refractivity contribution in [3.05, 3.63) is 40.6 Å². The van der Waals surface area contributed by atoms with Crippen LogP contribution in [0.3, 0.4) is 0 Å². The highest BCUT2D eigenvalue weighted by molar-refractivity contribution is 5.76. The average molecular weight is 344 g/mol. The fraction of sp³-hybridized carbons (Fsp3) is 0.471. The van der Waals surface area contributed by atoms with Gasteiger partial charge in [0.1, 0.15) is 26.1 Å². The summed E-state index contributed by atoms with van der Waals surface area (Å²) in [5, 5.41) is 6.97. The molecule has 8 heteroatoms. The van der Waals surface area contributed by atoms with Crippen molar-refractivity contribution < 1.29 is 14.3 Å². The van der Waals surface area contributed by atoms with Gasteiger partial charge in [0.15, 0.2) is 11.5 Å². The molecule has 0 saturated heterocycles. The summed E-state index contributed by atoms with van der Waals surface area (Å²) < 4.78 is 13.7. The quantitative estimate of drug-likeness (QED) is 0.859. The summed E-state index contributed by atoms with van der Waals surface area (Å²) in [6.45, 7) is 0.987. The van der Waals surface area contributed by atoms with Gasteiger partial charge in [0.05, 0.1) is 6.04 Å². The molecule has 1 saturated carbocycles. The summed E-state index contributed by atoms with van der Waals surface area (Å²) in [6.07, 6.45) is 3.54. The average Bonchev–Trinajstić information content (AvgIpc) is 3.42. The van der Waals surface area contributed by atoms with Crippen molar-refractivity contribution >= 4 is 5.91 Å². The number of hydrogen-bond acceptors (Lipinski definition) is 5. The van der Waals surface area contributed by atoms with Gasteiger partial charge in [-0.25, -0.2) is 9.48 Å². The third-order valence-electron chi connectivity index (χ3n) is 4.52. The number of benzene rings is 1. The van der Waals surface area contributed by atoms with E-state index in [0.717, 1.165) is 28.8 Å². The molecule has 2 aromatic rings. The number of ether oxygens (including phenoxy) is 2. The molecule has 8 nitrogen and oxygen atoms in total. The molecular formula is C17H20N4O4. The van der Waals surface area contributed by atoms with Crippen molar-refractivity contribution in [2.24, 2.45) is 13.0 Å². The van der Waals surface area contributed by atoms with Crippen molar-refractivity contribution in [3.63, 3.8) is 0 Å². The van der Waals surface area contributed by atoms with E-state index in [0.29, 0.717) is 24.9 Å². The normalized spacial score (nSPS) is 17.2. The summed E-state index contributed by atoms with van der Waals surface area (Å²) >= 11 is 0. The first-order chi connectivity index (χ1) is 12.1. The van der Waals surface area contributed by atoms with E-state index in [1.165, 1.54) is 10.9 Å². The molecule has 0 spiro atoms. The van der Waals surface area contributed by atoms with Crippen molar-refractivity contribution in [1.82, 2.24) is 19.7 Å². The van der Waals surface area contributed by atoms with Gasteiger partial charge >= 0.3 is 5.69 Å². The highest BCUT2D eigenvalue weighted by atomic mass is 16.6. The lowest BCUT2D eigenvalue weighted by atomic mass is 10.0. The minimum absolute atomic E-state index is 0.0898. The van der Waals surface area contributed by atoms with Gasteiger partial charge in [0.2, 0.25) is 5.91 Å². The molecule has 1 aliphatic carbocycles. The minimum Gasteiger partial charge on any atom is -0.486 e. The van der Waals surface area contributed by atoms with E-state index in [4.69, 9.17) is 9.47 Å². The van der Waals surface area contributed by atoms with E-state index in [-0.39, 0.29) is 24.2 Å². The number of carbonyl (C=O) groups excluding carboxylic acids is 1. The Hall–Kier alpha value is -2.77. The lowest BCUT2D eigenvalue weighted by Gasteiger charge is -2.23. The number of fused-ring (bicyclic) bond motifs is 1. The van der Waals surface area contributed by atoms with Crippen LogP contribution in [0.15, 0.2) is 29.3 Å². The first-order valence-electron chi connectivity index (χ1n) is 8.39. The van der Waals surface area contributed by atoms with E-state index < -0.39 is 0 Å². The van der Waals surface area contributed by atoms with Crippen LogP contribution in [-0.4, -0.2) is 33.5 Å².